The topological polar surface area (TPSA) is 34.5 Å². The minimum Gasteiger partial charge on any atom is -0.491 e. The number of rotatable bonds is 5. The van der Waals surface area contributed by atoms with E-state index in [-0.39, 0.29) is 23.1 Å². The molecule has 0 bridgehead atoms. The molecule has 1 aromatic carbocycles. The fraction of sp³-hybridized carbons (Fsp3) is 0.500. The molecule has 0 saturated carbocycles. The number of hydrogen-bond acceptors (Lipinski definition) is 3. The molecule has 4 nitrogen and oxygen atoms in total. The quantitative estimate of drug-likeness (QED) is 0.433. The van der Waals surface area contributed by atoms with E-state index in [1.165, 1.54) is 18.2 Å². The minimum atomic E-state index is -3.01. The Labute approximate surface area is 203 Å². The number of Topliss-reactive ketones (excluding diaryl/α,β-unsaturated/α-hetero) is 1. The molecular weight excluding hydrogens is 465 g/mol. The van der Waals surface area contributed by atoms with E-state index >= 15 is 0 Å². The SMILES string of the molecule is CC(C)Oc1ccc(C(=O)C2=CCCC3(CC2)c2c(Cl)cc(C(C)(F)F)n2CCN3C)c(F)c1. The van der Waals surface area contributed by atoms with Gasteiger partial charge in [-0.15, -0.1) is 0 Å². The summed E-state index contributed by atoms with van der Waals surface area (Å²) in [6, 6.07) is 5.67. The molecule has 0 N–H and O–H groups in total. The molecular formula is C26H30ClF3N2O2. The van der Waals surface area contributed by atoms with Crippen molar-refractivity contribution in [1.82, 2.24) is 9.47 Å². The molecule has 1 aliphatic heterocycles. The predicted molar refractivity (Wildman–Crippen MR) is 126 cm³/mol. The maximum Gasteiger partial charge on any atom is 0.285 e. The lowest BCUT2D eigenvalue weighted by atomic mass is 9.82. The zero-order valence-electron chi connectivity index (χ0n) is 19.9. The summed E-state index contributed by atoms with van der Waals surface area (Å²) in [4.78, 5) is 15.4. The fourth-order valence-electron chi connectivity index (χ4n) is 5.31. The van der Waals surface area contributed by atoms with Crippen LogP contribution in [-0.4, -0.2) is 34.9 Å². The van der Waals surface area contributed by atoms with Crippen molar-refractivity contribution in [2.45, 2.75) is 70.6 Å². The molecule has 2 aromatic rings. The van der Waals surface area contributed by atoms with Gasteiger partial charge in [0, 0.05) is 26.1 Å². The Kier molecular flexibility index (Phi) is 6.64. The number of likely N-dealkylation sites (N-methyl/N-ethyl adjacent to an activating group) is 1. The maximum absolute atomic E-state index is 14.8. The molecule has 0 radical (unpaired) electrons. The van der Waals surface area contributed by atoms with E-state index in [1.54, 1.807) is 10.6 Å². The molecule has 1 atom stereocenters. The van der Waals surface area contributed by atoms with E-state index < -0.39 is 17.3 Å². The summed E-state index contributed by atoms with van der Waals surface area (Å²) in [5.41, 5.74) is 0.555. The zero-order valence-corrected chi connectivity index (χ0v) is 20.7. The van der Waals surface area contributed by atoms with E-state index in [4.69, 9.17) is 16.3 Å². The molecule has 1 aliphatic carbocycles. The number of allylic oxidation sites excluding steroid dienone is 2. The molecule has 4 rings (SSSR count). The Balaban J connectivity index is 1.62. The van der Waals surface area contributed by atoms with Crippen molar-refractivity contribution in [3.8, 4) is 5.75 Å². The van der Waals surface area contributed by atoms with Gasteiger partial charge in [-0.05, 0) is 70.4 Å². The smallest absolute Gasteiger partial charge is 0.285 e. The molecule has 0 fully saturated rings. The lowest BCUT2D eigenvalue weighted by Crippen LogP contribution is -2.50. The number of fused-ring (bicyclic) bond motifs is 2. The molecule has 34 heavy (non-hydrogen) atoms. The van der Waals surface area contributed by atoms with Crippen LogP contribution in [0.1, 0.15) is 68.2 Å². The first-order chi connectivity index (χ1) is 15.9. The van der Waals surface area contributed by atoms with Crippen molar-refractivity contribution in [1.29, 1.82) is 0 Å². The number of hydrogen-bond donors (Lipinski definition) is 0. The van der Waals surface area contributed by atoms with Crippen LogP contribution in [0.25, 0.3) is 0 Å². The highest BCUT2D eigenvalue weighted by Gasteiger charge is 2.46. The summed E-state index contributed by atoms with van der Waals surface area (Å²) in [7, 11) is 1.97. The van der Waals surface area contributed by atoms with Gasteiger partial charge in [0.05, 0.1) is 33.6 Å². The van der Waals surface area contributed by atoms with Crippen molar-refractivity contribution in [2.75, 3.05) is 13.6 Å². The van der Waals surface area contributed by atoms with Gasteiger partial charge < -0.3 is 9.30 Å². The lowest BCUT2D eigenvalue weighted by molar-refractivity contribution is 0.00148. The molecule has 1 unspecified atom stereocenters. The molecule has 0 amide bonds. The fourth-order valence-corrected chi connectivity index (χ4v) is 5.69. The molecule has 0 saturated heterocycles. The van der Waals surface area contributed by atoms with Gasteiger partial charge in [0.1, 0.15) is 11.6 Å². The van der Waals surface area contributed by atoms with E-state index in [9.17, 15) is 18.0 Å². The van der Waals surface area contributed by atoms with Crippen molar-refractivity contribution in [3.63, 3.8) is 0 Å². The van der Waals surface area contributed by atoms with Crippen LogP contribution < -0.4 is 4.74 Å². The third-order valence-corrected chi connectivity index (χ3v) is 7.22. The van der Waals surface area contributed by atoms with Crippen LogP contribution in [0.4, 0.5) is 13.2 Å². The zero-order chi connectivity index (χ0) is 24.8. The summed E-state index contributed by atoms with van der Waals surface area (Å²) < 4.78 is 50.5. The number of carbonyl (C=O) groups is 1. The Hall–Kier alpha value is -2.25. The summed E-state index contributed by atoms with van der Waals surface area (Å²) >= 11 is 6.55. The van der Waals surface area contributed by atoms with E-state index in [0.717, 1.165) is 6.92 Å². The Bertz CT molecular complexity index is 1140. The van der Waals surface area contributed by atoms with Crippen molar-refractivity contribution < 1.29 is 22.7 Å². The predicted octanol–water partition coefficient (Wildman–Crippen LogP) is 6.70. The van der Waals surface area contributed by atoms with Crippen LogP contribution in [0.15, 0.2) is 35.9 Å². The molecule has 1 aromatic heterocycles. The normalized spacial score (nSPS) is 21.4. The van der Waals surface area contributed by atoms with Gasteiger partial charge in [0.15, 0.2) is 5.78 Å². The van der Waals surface area contributed by atoms with E-state index in [1.807, 2.05) is 27.0 Å². The van der Waals surface area contributed by atoms with Gasteiger partial charge >= 0.3 is 0 Å². The maximum atomic E-state index is 14.8. The van der Waals surface area contributed by atoms with Crippen molar-refractivity contribution in [3.05, 3.63) is 63.7 Å². The van der Waals surface area contributed by atoms with Crippen LogP contribution in [0, 0.1) is 5.82 Å². The number of aromatic nitrogens is 1. The average molecular weight is 495 g/mol. The first-order valence-corrected chi connectivity index (χ1v) is 12.0. The largest absolute Gasteiger partial charge is 0.491 e. The lowest BCUT2D eigenvalue weighted by Gasteiger charge is -2.46. The third kappa shape index (κ3) is 4.40. The summed E-state index contributed by atoms with van der Waals surface area (Å²) in [5.74, 6) is -3.61. The number of carbonyl (C=O) groups excluding carboxylic acids is 1. The van der Waals surface area contributed by atoms with Crippen LogP contribution >= 0.6 is 11.6 Å². The monoisotopic (exact) mass is 494 g/mol. The number of nitrogens with zero attached hydrogens (tertiary/aromatic N) is 2. The summed E-state index contributed by atoms with van der Waals surface area (Å²) in [6.45, 7) is 5.59. The van der Waals surface area contributed by atoms with Gasteiger partial charge in [-0.2, -0.15) is 0 Å². The standard InChI is InChI=1S/C26H30ClF3N2O2/c1-16(2)34-18-7-8-19(21(28)14-18)23(33)17-6-5-10-26(11-9-17)24-20(27)15-22(25(3,29)30)32(24)13-12-31(26)4/h6-8,14-16H,5,9-13H2,1-4H3. The number of halogens is 4. The van der Waals surface area contributed by atoms with Crippen molar-refractivity contribution in [2.24, 2.45) is 0 Å². The summed E-state index contributed by atoms with van der Waals surface area (Å²) in [6.07, 6.45) is 3.85. The second kappa shape index (κ2) is 9.08. The van der Waals surface area contributed by atoms with Crippen LogP contribution in [0.3, 0.4) is 0 Å². The van der Waals surface area contributed by atoms with E-state index in [2.05, 4.69) is 4.90 Å². The molecule has 1 spiro atoms. The minimum absolute atomic E-state index is 0.00428. The number of ketones is 1. The summed E-state index contributed by atoms with van der Waals surface area (Å²) in [5, 5.41) is 0.324. The van der Waals surface area contributed by atoms with Gasteiger partial charge in [-0.3, -0.25) is 9.69 Å². The second-order valence-electron chi connectivity index (χ2n) is 9.62. The Morgan fingerprint density at radius 3 is 2.59 bits per heavy atom. The van der Waals surface area contributed by atoms with E-state index in [0.29, 0.717) is 60.8 Å². The molecule has 8 heteroatoms. The molecule has 2 heterocycles. The van der Waals surface area contributed by atoms with Gasteiger partial charge in [0.2, 0.25) is 0 Å². The van der Waals surface area contributed by atoms with Gasteiger partial charge in [-0.1, -0.05) is 17.7 Å². The Morgan fingerprint density at radius 1 is 1.21 bits per heavy atom. The molecule has 184 valence electrons. The highest BCUT2D eigenvalue weighted by molar-refractivity contribution is 6.31. The van der Waals surface area contributed by atoms with Gasteiger partial charge in [0.25, 0.3) is 5.92 Å². The number of benzene rings is 1. The highest BCUT2D eigenvalue weighted by atomic mass is 35.5. The Morgan fingerprint density at radius 2 is 1.94 bits per heavy atom. The van der Waals surface area contributed by atoms with Crippen molar-refractivity contribution >= 4 is 17.4 Å². The van der Waals surface area contributed by atoms with Crippen LogP contribution in [0.2, 0.25) is 5.02 Å². The third-order valence-electron chi connectivity index (χ3n) is 6.94. The second-order valence-corrected chi connectivity index (χ2v) is 10.0. The molecule has 2 aliphatic rings. The number of alkyl halides is 2. The highest BCUT2D eigenvalue weighted by Crippen LogP contribution is 2.48. The average Bonchev–Trinajstić information content (AvgIpc) is 2.95. The van der Waals surface area contributed by atoms with Gasteiger partial charge in [-0.25, -0.2) is 13.2 Å². The van der Waals surface area contributed by atoms with Crippen LogP contribution in [-0.2, 0) is 18.0 Å². The number of ether oxygens (including phenoxy) is 1. The van der Waals surface area contributed by atoms with Crippen LogP contribution in [0.5, 0.6) is 5.75 Å². The first kappa shape index (κ1) is 24.9. The first-order valence-electron chi connectivity index (χ1n) is 11.6.